The molecule has 2 aromatic carbocycles. The van der Waals surface area contributed by atoms with Crippen LogP contribution < -0.4 is 10.1 Å². The van der Waals surface area contributed by atoms with Crippen molar-refractivity contribution in [2.45, 2.75) is 12.5 Å². The Morgan fingerprint density at radius 2 is 1.93 bits per heavy atom. The highest BCUT2D eigenvalue weighted by Gasteiger charge is 2.18. The van der Waals surface area contributed by atoms with Gasteiger partial charge in [-0.2, -0.15) is 0 Å². The number of ether oxygens (including phenoxy) is 1. The van der Waals surface area contributed by atoms with E-state index in [0.29, 0.717) is 11.4 Å². The second-order valence-corrected chi connectivity index (χ2v) is 6.63. The fourth-order valence-corrected chi connectivity index (χ4v) is 3.30. The standard InChI is InChI=1S/C23H21N3O3/c1-28-20-9-5-6-17(15-20)21(26-12-2-3-13-26)16-23(27)25-19-8-4-7-18(14-19)22-10-11-24-29-22/h2-15,21H,16H2,1H3,(H,25,27)/t21-/m0/s1. The van der Waals surface area contributed by atoms with Gasteiger partial charge in [0.15, 0.2) is 5.76 Å². The number of carbonyl (C=O) groups excluding carboxylic acids is 1. The first kappa shape index (κ1) is 18.6. The van der Waals surface area contributed by atoms with Gasteiger partial charge in [0.25, 0.3) is 0 Å². The van der Waals surface area contributed by atoms with Crippen LogP contribution in [-0.4, -0.2) is 22.7 Å². The third-order valence-corrected chi connectivity index (χ3v) is 4.71. The summed E-state index contributed by atoms with van der Waals surface area (Å²) in [5.74, 6) is 1.34. The third kappa shape index (κ3) is 4.38. The summed E-state index contributed by atoms with van der Waals surface area (Å²) in [6, 6.07) is 20.8. The Kier molecular flexibility index (Phi) is 5.42. The van der Waals surface area contributed by atoms with Crippen LogP contribution >= 0.6 is 0 Å². The molecule has 1 atom stereocenters. The van der Waals surface area contributed by atoms with Crippen molar-refractivity contribution in [3.8, 4) is 17.1 Å². The van der Waals surface area contributed by atoms with Gasteiger partial charge in [-0.05, 0) is 42.0 Å². The van der Waals surface area contributed by atoms with Crippen LogP contribution in [0.25, 0.3) is 11.3 Å². The predicted octanol–water partition coefficient (Wildman–Crippen LogP) is 4.77. The van der Waals surface area contributed by atoms with Crippen LogP contribution in [0.5, 0.6) is 5.75 Å². The zero-order chi connectivity index (χ0) is 20.1. The number of anilines is 1. The first-order chi connectivity index (χ1) is 14.2. The van der Waals surface area contributed by atoms with Gasteiger partial charge in [0, 0.05) is 29.7 Å². The second kappa shape index (κ2) is 8.48. The predicted molar refractivity (Wildman–Crippen MR) is 111 cm³/mol. The molecule has 0 spiro atoms. The van der Waals surface area contributed by atoms with Crippen molar-refractivity contribution in [1.82, 2.24) is 9.72 Å². The van der Waals surface area contributed by atoms with Crippen molar-refractivity contribution in [3.63, 3.8) is 0 Å². The Labute approximate surface area is 168 Å². The average Bonchev–Trinajstić information content (AvgIpc) is 3.46. The number of nitrogens with one attached hydrogen (secondary N) is 1. The van der Waals surface area contributed by atoms with Gasteiger partial charge in [-0.15, -0.1) is 0 Å². The molecule has 1 N–H and O–H groups in total. The quantitative estimate of drug-likeness (QED) is 0.496. The van der Waals surface area contributed by atoms with E-state index in [0.717, 1.165) is 16.9 Å². The molecule has 0 aliphatic rings. The lowest BCUT2D eigenvalue weighted by atomic mass is 10.0. The van der Waals surface area contributed by atoms with Crippen LogP contribution in [0.1, 0.15) is 18.0 Å². The largest absolute Gasteiger partial charge is 0.497 e. The Balaban J connectivity index is 1.54. The number of hydrogen-bond donors (Lipinski definition) is 1. The minimum Gasteiger partial charge on any atom is -0.497 e. The number of hydrogen-bond acceptors (Lipinski definition) is 4. The van der Waals surface area contributed by atoms with Crippen molar-refractivity contribution in [3.05, 3.63) is 90.9 Å². The molecule has 6 heteroatoms. The highest BCUT2D eigenvalue weighted by molar-refractivity contribution is 5.91. The molecule has 0 aliphatic heterocycles. The number of carbonyl (C=O) groups is 1. The van der Waals surface area contributed by atoms with Crippen molar-refractivity contribution < 1.29 is 14.1 Å². The topological polar surface area (TPSA) is 69.3 Å². The van der Waals surface area contributed by atoms with Crippen LogP contribution in [0.3, 0.4) is 0 Å². The van der Waals surface area contributed by atoms with Gasteiger partial charge < -0.3 is 19.1 Å². The second-order valence-electron chi connectivity index (χ2n) is 6.63. The highest BCUT2D eigenvalue weighted by atomic mass is 16.5. The normalized spacial score (nSPS) is 11.8. The van der Waals surface area contributed by atoms with E-state index in [-0.39, 0.29) is 18.4 Å². The molecule has 0 bridgehead atoms. The van der Waals surface area contributed by atoms with Crippen molar-refractivity contribution in [1.29, 1.82) is 0 Å². The van der Waals surface area contributed by atoms with E-state index in [4.69, 9.17) is 9.26 Å². The molecule has 146 valence electrons. The summed E-state index contributed by atoms with van der Waals surface area (Å²) in [6.45, 7) is 0. The van der Waals surface area contributed by atoms with Gasteiger partial charge in [0.1, 0.15) is 5.75 Å². The molecule has 0 aliphatic carbocycles. The van der Waals surface area contributed by atoms with Crippen molar-refractivity contribution in [2.75, 3.05) is 12.4 Å². The third-order valence-electron chi connectivity index (χ3n) is 4.71. The Hall–Kier alpha value is -3.80. The molecule has 2 aromatic heterocycles. The molecule has 0 radical (unpaired) electrons. The van der Waals surface area contributed by atoms with Crippen LogP contribution in [0, 0.1) is 0 Å². The fraction of sp³-hybridized carbons (Fsp3) is 0.130. The van der Waals surface area contributed by atoms with Gasteiger partial charge in [-0.25, -0.2) is 0 Å². The van der Waals surface area contributed by atoms with Crippen LogP contribution in [0.4, 0.5) is 5.69 Å². The monoisotopic (exact) mass is 387 g/mol. The molecule has 0 saturated carbocycles. The zero-order valence-electron chi connectivity index (χ0n) is 16.0. The van der Waals surface area contributed by atoms with Gasteiger partial charge in [-0.3, -0.25) is 4.79 Å². The summed E-state index contributed by atoms with van der Waals surface area (Å²) < 4.78 is 12.6. The number of nitrogens with zero attached hydrogens (tertiary/aromatic N) is 2. The summed E-state index contributed by atoms with van der Waals surface area (Å²) in [5.41, 5.74) is 2.57. The lowest BCUT2D eigenvalue weighted by molar-refractivity contribution is -0.116. The summed E-state index contributed by atoms with van der Waals surface area (Å²) in [5, 5.41) is 6.72. The average molecular weight is 387 g/mol. The number of rotatable bonds is 7. The molecule has 6 nitrogen and oxygen atoms in total. The van der Waals surface area contributed by atoms with Crippen molar-refractivity contribution in [2.24, 2.45) is 0 Å². The first-order valence-corrected chi connectivity index (χ1v) is 9.30. The maximum Gasteiger partial charge on any atom is 0.226 e. The minimum atomic E-state index is -0.141. The minimum absolute atomic E-state index is 0.0822. The number of benzene rings is 2. The molecule has 4 rings (SSSR count). The zero-order valence-corrected chi connectivity index (χ0v) is 16.0. The molecule has 1 amide bonds. The highest BCUT2D eigenvalue weighted by Crippen LogP contribution is 2.27. The maximum atomic E-state index is 12.9. The van der Waals surface area contributed by atoms with Crippen LogP contribution in [-0.2, 0) is 4.79 Å². The number of aromatic nitrogens is 2. The SMILES string of the molecule is COc1cccc([C@H](CC(=O)Nc2cccc(-c3ccno3)c2)n2cccc2)c1. The summed E-state index contributed by atoms with van der Waals surface area (Å²) in [4.78, 5) is 12.9. The Bertz CT molecular complexity index is 1070. The molecule has 0 unspecified atom stereocenters. The lowest BCUT2D eigenvalue weighted by Gasteiger charge is -2.20. The fourth-order valence-electron chi connectivity index (χ4n) is 3.30. The summed E-state index contributed by atoms with van der Waals surface area (Å²) in [7, 11) is 1.64. The Morgan fingerprint density at radius 3 is 2.69 bits per heavy atom. The summed E-state index contributed by atoms with van der Waals surface area (Å²) in [6.07, 6.45) is 5.80. The molecule has 29 heavy (non-hydrogen) atoms. The molecular weight excluding hydrogens is 366 g/mol. The lowest BCUT2D eigenvalue weighted by Crippen LogP contribution is -2.19. The van der Waals surface area contributed by atoms with Crippen molar-refractivity contribution >= 4 is 11.6 Å². The van der Waals surface area contributed by atoms with Gasteiger partial charge in [0.2, 0.25) is 5.91 Å². The van der Waals surface area contributed by atoms with Gasteiger partial charge in [-0.1, -0.05) is 29.4 Å². The first-order valence-electron chi connectivity index (χ1n) is 9.30. The number of methoxy groups -OCH3 is 1. The van der Waals surface area contributed by atoms with E-state index >= 15 is 0 Å². The molecule has 4 aromatic rings. The summed E-state index contributed by atoms with van der Waals surface area (Å²) >= 11 is 0. The number of amides is 1. The van der Waals surface area contributed by atoms with Crippen LogP contribution in [0.2, 0.25) is 0 Å². The molecule has 0 saturated heterocycles. The smallest absolute Gasteiger partial charge is 0.226 e. The maximum absolute atomic E-state index is 12.9. The molecule has 0 fully saturated rings. The van der Waals surface area contributed by atoms with E-state index in [1.54, 1.807) is 19.4 Å². The molecular formula is C23H21N3O3. The molecule has 2 heterocycles. The Morgan fingerprint density at radius 1 is 1.10 bits per heavy atom. The van der Waals surface area contributed by atoms with E-state index in [1.807, 2.05) is 77.6 Å². The van der Waals surface area contributed by atoms with Crippen LogP contribution in [0.15, 0.2) is 89.8 Å². The van der Waals surface area contributed by atoms with Gasteiger partial charge in [0.05, 0.1) is 25.8 Å². The van der Waals surface area contributed by atoms with E-state index in [9.17, 15) is 4.79 Å². The van der Waals surface area contributed by atoms with E-state index < -0.39 is 0 Å². The van der Waals surface area contributed by atoms with Gasteiger partial charge >= 0.3 is 0 Å². The van der Waals surface area contributed by atoms with E-state index in [2.05, 4.69) is 10.5 Å². The van der Waals surface area contributed by atoms with E-state index in [1.165, 1.54) is 0 Å².